The molecule has 1 nitrogen and oxygen atoms in total. The van der Waals surface area contributed by atoms with Crippen molar-refractivity contribution >= 4 is 5.57 Å². The average Bonchev–Trinajstić information content (AvgIpc) is 2.83. The zero-order valence-electron chi connectivity index (χ0n) is 21.2. The Morgan fingerprint density at radius 3 is 2.47 bits per heavy atom. The number of rotatable bonds is 4. The third-order valence-corrected chi connectivity index (χ3v) is 8.65. The van der Waals surface area contributed by atoms with Crippen molar-refractivity contribution < 1.29 is 0 Å². The summed E-state index contributed by atoms with van der Waals surface area (Å²) in [7, 11) is 1.95. The molecule has 2 aromatic rings. The molecule has 3 aliphatic rings. The Balaban J connectivity index is 1.57. The SMILES string of the molecule is C=C(NC)C1=CCC2C[C@H]3Cc4ccc(-c5ccc(CC)cc5)c(C)c4C(=C)C3=C(C)C2C1=C. The second-order valence-electron chi connectivity index (χ2n) is 10.4. The smallest absolute Gasteiger partial charge is 0.0337 e. The Hall–Kier alpha value is -3.06. The molecule has 5 rings (SSSR count). The Bertz CT molecular complexity index is 1260. The van der Waals surface area contributed by atoms with Crippen molar-refractivity contribution in [2.24, 2.45) is 17.8 Å². The van der Waals surface area contributed by atoms with Crippen molar-refractivity contribution in [1.82, 2.24) is 5.32 Å². The Labute approximate surface area is 205 Å². The zero-order valence-corrected chi connectivity index (χ0v) is 21.2. The van der Waals surface area contributed by atoms with Crippen LogP contribution in [0, 0.1) is 24.7 Å². The lowest BCUT2D eigenvalue weighted by molar-refractivity contribution is 0.308. The maximum atomic E-state index is 4.71. The van der Waals surface area contributed by atoms with E-state index in [4.69, 9.17) is 6.58 Å². The van der Waals surface area contributed by atoms with Crippen LogP contribution in [0.25, 0.3) is 16.7 Å². The van der Waals surface area contributed by atoms with Gasteiger partial charge in [0.2, 0.25) is 0 Å². The highest BCUT2D eigenvalue weighted by Crippen LogP contribution is 2.54. The standard InChI is InChI=1S/C33H37N/c1-8-24-9-11-25(12-10-24)30-16-14-27-18-28-17-26-13-15-29(23(6)34-7)19(2)31(26)21(4)33(28)22(5)32(27)20(30)3/h9-12,14-16,26,28,31,34H,2,5-6,8,13,17-18H2,1,3-4,7H3/t26?,28-,31?/m0/s1. The molecule has 174 valence electrons. The lowest BCUT2D eigenvalue weighted by atomic mass is 9.59. The number of allylic oxidation sites excluding steroid dienone is 5. The molecule has 3 atom stereocenters. The second kappa shape index (κ2) is 8.62. The Morgan fingerprint density at radius 2 is 1.79 bits per heavy atom. The fraction of sp³-hybridized carbons (Fsp3) is 0.333. The molecule has 1 N–H and O–H groups in total. The summed E-state index contributed by atoms with van der Waals surface area (Å²) in [5.74, 6) is 1.58. The van der Waals surface area contributed by atoms with Crippen LogP contribution < -0.4 is 5.32 Å². The Kier molecular flexibility index (Phi) is 5.76. The van der Waals surface area contributed by atoms with Crippen molar-refractivity contribution in [2.45, 2.75) is 46.5 Å². The molecule has 0 bridgehead atoms. The van der Waals surface area contributed by atoms with E-state index in [9.17, 15) is 0 Å². The molecule has 1 heteroatoms. The van der Waals surface area contributed by atoms with Gasteiger partial charge in [-0.05, 0) is 107 Å². The van der Waals surface area contributed by atoms with E-state index in [1.165, 1.54) is 67.7 Å². The highest BCUT2D eigenvalue weighted by atomic mass is 14.8. The first-order valence-corrected chi connectivity index (χ1v) is 12.7. The van der Waals surface area contributed by atoms with E-state index in [2.05, 4.69) is 81.7 Å². The van der Waals surface area contributed by atoms with Crippen LogP contribution in [-0.2, 0) is 12.8 Å². The van der Waals surface area contributed by atoms with E-state index in [1.54, 1.807) is 0 Å². The molecule has 0 amide bonds. The van der Waals surface area contributed by atoms with Gasteiger partial charge in [-0.2, -0.15) is 0 Å². The quantitative estimate of drug-likeness (QED) is 0.501. The van der Waals surface area contributed by atoms with Crippen molar-refractivity contribution in [3.8, 4) is 11.1 Å². The van der Waals surface area contributed by atoms with Gasteiger partial charge in [0, 0.05) is 18.7 Å². The van der Waals surface area contributed by atoms with Gasteiger partial charge >= 0.3 is 0 Å². The van der Waals surface area contributed by atoms with E-state index in [0.717, 1.165) is 25.0 Å². The molecule has 0 saturated carbocycles. The van der Waals surface area contributed by atoms with Gasteiger partial charge in [0.25, 0.3) is 0 Å². The van der Waals surface area contributed by atoms with Crippen molar-refractivity contribution in [2.75, 3.05) is 7.05 Å². The molecule has 2 aromatic carbocycles. The van der Waals surface area contributed by atoms with Crippen LogP contribution >= 0.6 is 0 Å². The fourth-order valence-electron chi connectivity index (χ4n) is 6.92. The van der Waals surface area contributed by atoms with Crippen molar-refractivity contribution in [3.63, 3.8) is 0 Å². The fourth-order valence-corrected chi connectivity index (χ4v) is 6.92. The first kappa shape index (κ1) is 22.7. The van der Waals surface area contributed by atoms with Gasteiger partial charge in [-0.1, -0.05) is 74.7 Å². The minimum Gasteiger partial charge on any atom is -0.388 e. The topological polar surface area (TPSA) is 12.0 Å². The predicted molar refractivity (Wildman–Crippen MR) is 147 cm³/mol. The number of aryl methyl sites for hydroxylation is 1. The number of benzene rings is 2. The van der Waals surface area contributed by atoms with Gasteiger partial charge in [-0.3, -0.25) is 0 Å². The van der Waals surface area contributed by atoms with Crippen LogP contribution in [-0.4, -0.2) is 7.05 Å². The summed E-state index contributed by atoms with van der Waals surface area (Å²) in [6, 6.07) is 13.7. The lowest BCUT2D eigenvalue weighted by Crippen LogP contribution is -2.34. The monoisotopic (exact) mass is 447 g/mol. The molecule has 0 spiro atoms. The van der Waals surface area contributed by atoms with Gasteiger partial charge in [0.1, 0.15) is 0 Å². The molecular weight excluding hydrogens is 410 g/mol. The molecule has 0 fully saturated rings. The third kappa shape index (κ3) is 3.45. The molecule has 3 aliphatic carbocycles. The highest BCUT2D eigenvalue weighted by molar-refractivity contribution is 5.88. The number of hydrogen-bond acceptors (Lipinski definition) is 1. The molecule has 2 unspecified atom stereocenters. The zero-order chi connectivity index (χ0) is 24.1. The van der Waals surface area contributed by atoms with Crippen LogP contribution in [0.5, 0.6) is 0 Å². The third-order valence-electron chi connectivity index (χ3n) is 8.65. The largest absolute Gasteiger partial charge is 0.388 e. The summed E-state index contributed by atoms with van der Waals surface area (Å²) in [6.07, 6.45) is 6.86. The molecule has 0 heterocycles. The normalized spacial score (nSPS) is 23.6. The van der Waals surface area contributed by atoms with E-state index >= 15 is 0 Å². The van der Waals surface area contributed by atoms with E-state index in [-0.39, 0.29) is 0 Å². The van der Waals surface area contributed by atoms with Gasteiger partial charge in [0.15, 0.2) is 0 Å². The van der Waals surface area contributed by atoms with Gasteiger partial charge < -0.3 is 5.32 Å². The molecule has 0 saturated heterocycles. The molecular formula is C33H37N. The van der Waals surface area contributed by atoms with Crippen LogP contribution in [0.2, 0.25) is 0 Å². The molecule has 0 aliphatic heterocycles. The summed E-state index contributed by atoms with van der Waals surface area (Å²) in [4.78, 5) is 0. The maximum absolute atomic E-state index is 4.71. The first-order valence-electron chi connectivity index (χ1n) is 12.7. The number of nitrogens with one attached hydrogen (secondary N) is 1. The van der Waals surface area contributed by atoms with Gasteiger partial charge in [-0.25, -0.2) is 0 Å². The summed E-state index contributed by atoms with van der Waals surface area (Å²) < 4.78 is 0. The molecule has 0 radical (unpaired) electrons. The minimum absolute atomic E-state index is 0.389. The molecule has 0 aromatic heterocycles. The minimum atomic E-state index is 0.389. The predicted octanol–water partition coefficient (Wildman–Crippen LogP) is 7.98. The first-order chi connectivity index (χ1) is 16.3. The van der Waals surface area contributed by atoms with E-state index in [1.807, 2.05) is 7.05 Å². The van der Waals surface area contributed by atoms with Crippen LogP contribution in [0.3, 0.4) is 0 Å². The lowest BCUT2D eigenvalue weighted by Gasteiger charge is -2.45. The van der Waals surface area contributed by atoms with E-state index in [0.29, 0.717) is 17.8 Å². The van der Waals surface area contributed by atoms with E-state index < -0.39 is 0 Å². The van der Waals surface area contributed by atoms with Gasteiger partial charge in [-0.15, -0.1) is 0 Å². The highest BCUT2D eigenvalue weighted by Gasteiger charge is 2.42. The van der Waals surface area contributed by atoms with Crippen molar-refractivity contribution in [3.05, 3.63) is 112 Å². The van der Waals surface area contributed by atoms with Gasteiger partial charge in [0.05, 0.1) is 0 Å². The summed E-state index contributed by atoms with van der Waals surface area (Å²) >= 11 is 0. The summed E-state index contributed by atoms with van der Waals surface area (Å²) in [5.41, 5.74) is 15.8. The Morgan fingerprint density at radius 1 is 1.06 bits per heavy atom. The van der Waals surface area contributed by atoms with Crippen LogP contribution in [0.1, 0.15) is 48.9 Å². The second-order valence-corrected chi connectivity index (χ2v) is 10.4. The summed E-state index contributed by atoms with van der Waals surface area (Å²) in [5, 5.41) is 3.23. The average molecular weight is 448 g/mol. The van der Waals surface area contributed by atoms with Crippen LogP contribution in [0.15, 0.2) is 90.2 Å². The van der Waals surface area contributed by atoms with Crippen molar-refractivity contribution in [1.29, 1.82) is 0 Å². The number of likely N-dealkylation sites (N-methyl/N-ethyl adjacent to an activating group) is 1. The molecule has 34 heavy (non-hydrogen) atoms. The number of hydrogen-bond donors (Lipinski definition) is 1. The number of fused-ring (bicyclic) bond motifs is 3. The van der Waals surface area contributed by atoms with Crippen LogP contribution in [0.4, 0.5) is 0 Å². The maximum Gasteiger partial charge on any atom is 0.0337 e. The summed E-state index contributed by atoms with van der Waals surface area (Å²) in [6.45, 7) is 20.3.